The van der Waals surface area contributed by atoms with Crippen LogP contribution in [0.5, 0.6) is 0 Å². The smallest absolute Gasteiger partial charge is 0.0431 e. The lowest BCUT2D eigenvalue weighted by atomic mass is 10.1. The van der Waals surface area contributed by atoms with Crippen LogP contribution in [0.4, 0.5) is 0 Å². The van der Waals surface area contributed by atoms with E-state index < -0.39 is 0 Å². The molecule has 2 nitrogen and oxygen atoms in total. The zero-order valence-electron chi connectivity index (χ0n) is 9.47. The molecule has 0 aromatic rings. The van der Waals surface area contributed by atoms with Crippen molar-refractivity contribution in [2.24, 2.45) is 5.92 Å². The number of nitrogens with one attached hydrogen (secondary N) is 1. The number of aliphatic hydroxyl groups excluding tert-OH is 1. The first kappa shape index (κ1) is 12.0. The molecule has 0 bridgehead atoms. The van der Waals surface area contributed by atoms with Gasteiger partial charge in [0.15, 0.2) is 0 Å². The van der Waals surface area contributed by atoms with Gasteiger partial charge < -0.3 is 10.4 Å². The van der Waals surface area contributed by atoms with E-state index in [9.17, 15) is 0 Å². The van der Waals surface area contributed by atoms with Crippen LogP contribution in [0.15, 0.2) is 0 Å². The molecule has 1 aliphatic rings. The largest absolute Gasteiger partial charge is 0.396 e. The Morgan fingerprint density at radius 2 is 2.07 bits per heavy atom. The summed E-state index contributed by atoms with van der Waals surface area (Å²) in [6, 6.07) is 0.786. The van der Waals surface area contributed by atoms with Gasteiger partial charge in [0, 0.05) is 12.6 Å². The quantitative estimate of drug-likeness (QED) is 0.617. The van der Waals surface area contributed by atoms with Crippen LogP contribution in [0.25, 0.3) is 0 Å². The van der Waals surface area contributed by atoms with Crippen LogP contribution in [0.3, 0.4) is 0 Å². The highest BCUT2D eigenvalue weighted by Gasteiger charge is 2.22. The predicted molar refractivity (Wildman–Crippen MR) is 60.4 cm³/mol. The molecule has 14 heavy (non-hydrogen) atoms. The number of rotatable bonds is 7. The SMILES string of the molecule is CCC1CCC(NCCCCCO)C1. The Kier molecular flexibility index (Phi) is 6.20. The summed E-state index contributed by atoms with van der Waals surface area (Å²) in [4.78, 5) is 0. The zero-order chi connectivity index (χ0) is 10.2. The summed E-state index contributed by atoms with van der Waals surface area (Å²) < 4.78 is 0. The second-order valence-electron chi connectivity index (χ2n) is 4.52. The Labute approximate surface area is 88.1 Å². The molecule has 0 radical (unpaired) electrons. The molecule has 0 amide bonds. The average molecular weight is 199 g/mol. The van der Waals surface area contributed by atoms with Crippen LogP contribution >= 0.6 is 0 Å². The van der Waals surface area contributed by atoms with E-state index >= 15 is 0 Å². The molecule has 0 aliphatic heterocycles. The molecule has 1 fully saturated rings. The fourth-order valence-electron chi connectivity index (χ4n) is 2.35. The van der Waals surface area contributed by atoms with E-state index in [0.717, 1.165) is 31.3 Å². The number of unbranched alkanes of at least 4 members (excludes halogenated alkanes) is 2. The summed E-state index contributed by atoms with van der Waals surface area (Å²) in [7, 11) is 0. The van der Waals surface area contributed by atoms with Crippen molar-refractivity contribution < 1.29 is 5.11 Å². The van der Waals surface area contributed by atoms with Gasteiger partial charge in [-0.2, -0.15) is 0 Å². The Balaban J connectivity index is 1.92. The third-order valence-corrected chi connectivity index (χ3v) is 3.39. The third kappa shape index (κ3) is 4.43. The summed E-state index contributed by atoms with van der Waals surface area (Å²) >= 11 is 0. The van der Waals surface area contributed by atoms with Crippen molar-refractivity contribution in [1.29, 1.82) is 0 Å². The second kappa shape index (κ2) is 7.24. The van der Waals surface area contributed by atoms with Gasteiger partial charge in [0.25, 0.3) is 0 Å². The molecular formula is C12H25NO. The van der Waals surface area contributed by atoms with Gasteiger partial charge >= 0.3 is 0 Å². The predicted octanol–water partition coefficient (Wildman–Crippen LogP) is 2.32. The van der Waals surface area contributed by atoms with E-state index in [4.69, 9.17) is 5.11 Å². The first-order valence-electron chi connectivity index (χ1n) is 6.21. The molecular weight excluding hydrogens is 174 g/mol. The first-order chi connectivity index (χ1) is 6.86. The topological polar surface area (TPSA) is 32.3 Å². The molecule has 1 rings (SSSR count). The van der Waals surface area contributed by atoms with E-state index in [1.54, 1.807) is 0 Å². The van der Waals surface area contributed by atoms with E-state index in [1.165, 1.54) is 32.1 Å². The first-order valence-corrected chi connectivity index (χ1v) is 6.21. The molecule has 0 heterocycles. The lowest BCUT2D eigenvalue weighted by Crippen LogP contribution is -2.27. The molecule has 1 saturated carbocycles. The average Bonchev–Trinajstić information content (AvgIpc) is 2.65. The normalized spacial score (nSPS) is 27.0. The maximum Gasteiger partial charge on any atom is 0.0431 e. The summed E-state index contributed by atoms with van der Waals surface area (Å²) in [5.74, 6) is 0.977. The lowest BCUT2D eigenvalue weighted by molar-refractivity contribution is 0.282. The van der Waals surface area contributed by atoms with E-state index in [0.29, 0.717) is 6.61 Å². The minimum absolute atomic E-state index is 0.349. The van der Waals surface area contributed by atoms with E-state index in [2.05, 4.69) is 12.2 Å². The van der Waals surface area contributed by atoms with E-state index in [-0.39, 0.29) is 0 Å². The Morgan fingerprint density at radius 3 is 2.71 bits per heavy atom. The number of aliphatic hydroxyl groups is 1. The van der Waals surface area contributed by atoms with Crippen LogP contribution in [0.1, 0.15) is 51.9 Å². The molecule has 2 atom stereocenters. The molecule has 84 valence electrons. The Morgan fingerprint density at radius 1 is 1.21 bits per heavy atom. The minimum Gasteiger partial charge on any atom is -0.396 e. The summed E-state index contributed by atoms with van der Waals surface area (Å²) in [5.41, 5.74) is 0. The molecule has 2 unspecified atom stereocenters. The molecule has 0 saturated heterocycles. The summed E-state index contributed by atoms with van der Waals surface area (Å²) in [6.45, 7) is 3.79. The molecule has 0 aromatic carbocycles. The Bertz CT molecular complexity index is 138. The Hall–Kier alpha value is -0.0800. The maximum atomic E-state index is 8.62. The van der Waals surface area contributed by atoms with Gasteiger partial charge in [-0.15, -0.1) is 0 Å². The van der Waals surface area contributed by atoms with Crippen LogP contribution < -0.4 is 5.32 Å². The van der Waals surface area contributed by atoms with Gasteiger partial charge in [-0.05, 0) is 51.0 Å². The standard InChI is InChI=1S/C12H25NO/c1-2-11-6-7-12(10-11)13-8-4-3-5-9-14/h11-14H,2-10H2,1H3. The van der Waals surface area contributed by atoms with Crippen molar-refractivity contribution in [3.8, 4) is 0 Å². The van der Waals surface area contributed by atoms with Gasteiger partial charge in [-0.3, -0.25) is 0 Å². The molecule has 1 aliphatic carbocycles. The van der Waals surface area contributed by atoms with Crippen molar-refractivity contribution in [2.45, 2.75) is 57.9 Å². The zero-order valence-corrected chi connectivity index (χ0v) is 9.47. The van der Waals surface area contributed by atoms with Crippen molar-refractivity contribution >= 4 is 0 Å². The molecule has 2 N–H and O–H groups in total. The van der Waals surface area contributed by atoms with Gasteiger partial charge in [0.05, 0.1) is 0 Å². The van der Waals surface area contributed by atoms with Gasteiger partial charge in [-0.25, -0.2) is 0 Å². The summed E-state index contributed by atoms with van der Waals surface area (Å²) in [6.07, 6.45) is 8.87. The minimum atomic E-state index is 0.349. The highest BCUT2D eigenvalue weighted by Crippen LogP contribution is 2.27. The van der Waals surface area contributed by atoms with Crippen molar-refractivity contribution in [2.75, 3.05) is 13.2 Å². The van der Waals surface area contributed by atoms with Crippen molar-refractivity contribution in [3.05, 3.63) is 0 Å². The lowest BCUT2D eigenvalue weighted by Gasteiger charge is -2.12. The van der Waals surface area contributed by atoms with Gasteiger partial charge in [-0.1, -0.05) is 13.3 Å². The molecule has 0 spiro atoms. The highest BCUT2D eigenvalue weighted by atomic mass is 16.2. The van der Waals surface area contributed by atoms with Gasteiger partial charge in [0.2, 0.25) is 0 Å². The van der Waals surface area contributed by atoms with Crippen molar-refractivity contribution in [1.82, 2.24) is 5.32 Å². The molecule has 2 heteroatoms. The van der Waals surface area contributed by atoms with Gasteiger partial charge in [0.1, 0.15) is 0 Å². The fourth-order valence-corrected chi connectivity index (χ4v) is 2.35. The van der Waals surface area contributed by atoms with Crippen LogP contribution in [-0.2, 0) is 0 Å². The number of hydrogen-bond donors (Lipinski definition) is 2. The van der Waals surface area contributed by atoms with E-state index in [1.807, 2.05) is 0 Å². The fraction of sp³-hybridized carbons (Fsp3) is 1.00. The second-order valence-corrected chi connectivity index (χ2v) is 4.52. The van der Waals surface area contributed by atoms with Crippen LogP contribution in [-0.4, -0.2) is 24.3 Å². The van der Waals surface area contributed by atoms with Crippen LogP contribution in [0, 0.1) is 5.92 Å². The monoisotopic (exact) mass is 199 g/mol. The summed E-state index contributed by atoms with van der Waals surface area (Å²) in [5, 5.41) is 12.2. The number of hydrogen-bond acceptors (Lipinski definition) is 2. The van der Waals surface area contributed by atoms with Crippen LogP contribution in [0.2, 0.25) is 0 Å². The third-order valence-electron chi connectivity index (χ3n) is 3.39. The maximum absolute atomic E-state index is 8.62. The van der Waals surface area contributed by atoms with Crippen molar-refractivity contribution in [3.63, 3.8) is 0 Å². The molecule has 0 aromatic heterocycles. The highest BCUT2D eigenvalue weighted by molar-refractivity contribution is 4.79.